The van der Waals surface area contributed by atoms with Crippen LogP contribution >= 0.6 is 0 Å². The molecule has 1 amide bonds. The summed E-state index contributed by atoms with van der Waals surface area (Å²) >= 11 is 0. The highest BCUT2D eigenvalue weighted by molar-refractivity contribution is 5.79. The fourth-order valence-electron chi connectivity index (χ4n) is 1.29. The van der Waals surface area contributed by atoms with E-state index in [0.29, 0.717) is 13.0 Å². The van der Waals surface area contributed by atoms with Crippen LogP contribution in [-0.4, -0.2) is 48.1 Å². The van der Waals surface area contributed by atoms with Gasteiger partial charge in [-0.15, -0.1) is 0 Å². The molecule has 0 bridgehead atoms. The topological polar surface area (TPSA) is 93.4 Å². The maximum atomic E-state index is 11.5. The third-order valence-corrected chi connectivity index (χ3v) is 2.36. The average molecular weight is 241 g/mol. The minimum Gasteiger partial charge on any atom is -0.480 e. The molecule has 0 saturated carbocycles. The lowest BCUT2D eigenvalue weighted by Crippen LogP contribution is -2.43. The first kappa shape index (κ1) is 15.4. The Labute approximate surface area is 101 Å². The standard InChI is InChI=1S/C11H19N3O3/c1-3-5-9(11(16)17)13-8-10(15)14(2)7-4-6-12/h9,13H,3-5,7-8H2,1-2H3,(H,16,17). The van der Waals surface area contributed by atoms with Crippen LogP contribution in [0.3, 0.4) is 0 Å². The zero-order valence-corrected chi connectivity index (χ0v) is 10.3. The van der Waals surface area contributed by atoms with Crippen molar-refractivity contribution in [2.45, 2.75) is 32.2 Å². The number of hydrogen-bond acceptors (Lipinski definition) is 4. The molecule has 0 rings (SSSR count). The zero-order chi connectivity index (χ0) is 13.3. The summed E-state index contributed by atoms with van der Waals surface area (Å²) in [6, 6.07) is 1.26. The number of carbonyl (C=O) groups is 2. The number of nitrogens with zero attached hydrogens (tertiary/aromatic N) is 2. The van der Waals surface area contributed by atoms with Crippen LogP contribution in [-0.2, 0) is 9.59 Å². The molecule has 0 aromatic heterocycles. The van der Waals surface area contributed by atoms with Crippen molar-refractivity contribution in [3.8, 4) is 6.07 Å². The van der Waals surface area contributed by atoms with Gasteiger partial charge in [-0.1, -0.05) is 13.3 Å². The molecule has 0 aromatic carbocycles. The van der Waals surface area contributed by atoms with E-state index in [-0.39, 0.29) is 18.9 Å². The number of amides is 1. The molecule has 0 spiro atoms. The molecule has 96 valence electrons. The minimum atomic E-state index is -0.945. The van der Waals surface area contributed by atoms with Crippen LogP contribution in [0.2, 0.25) is 0 Å². The number of nitriles is 1. The molecule has 0 radical (unpaired) electrons. The number of hydrogen-bond donors (Lipinski definition) is 2. The van der Waals surface area contributed by atoms with Crippen LogP contribution < -0.4 is 5.32 Å². The van der Waals surface area contributed by atoms with Gasteiger partial charge in [-0.3, -0.25) is 14.9 Å². The van der Waals surface area contributed by atoms with Crippen molar-refractivity contribution in [2.24, 2.45) is 0 Å². The maximum Gasteiger partial charge on any atom is 0.320 e. The Kier molecular flexibility index (Phi) is 7.72. The molecule has 1 atom stereocenters. The number of carboxylic acids is 1. The van der Waals surface area contributed by atoms with Gasteiger partial charge in [0.2, 0.25) is 5.91 Å². The third kappa shape index (κ3) is 6.53. The molecule has 1 unspecified atom stereocenters. The Hall–Kier alpha value is -1.61. The molecular formula is C11H19N3O3. The first-order chi connectivity index (χ1) is 8.02. The monoisotopic (exact) mass is 241 g/mol. The highest BCUT2D eigenvalue weighted by atomic mass is 16.4. The fraction of sp³-hybridized carbons (Fsp3) is 0.727. The van der Waals surface area contributed by atoms with E-state index in [4.69, 9.17) is 10.4 Å². The summed E-state index contributed by atoms with van der Waals surface area (Å²) in [7, 11) is 1.59. The van der Waals surface area contributed by atoms with Crippen molar-refractivity contribution in [1.82, 2.24) is 10.2 Å². The summed E-state index contributed by atoms with van der Waals surface area (Å²) < 4.78 is 0. The number of carboxylic acid groups (broad SMARTS) is 1. The number of rotatable bonds is 8. The van der Waals surface area contributed by atoms with Crippen LogP contribution in [0.25, 0.3) is 0 Å². The second-order valence-corrected chi connectivity index (χ2v) is 3.78. The van der Waals surface area contributed by atoms with Crippen LogP contribution in [0.4, 0.5) is 0 Å². The van der Waals surface area contributed by atoms with E-state index in [2.05, 4.69) is 5.32 Å². The Balaban J connectivity index is 4.03. The highest BCUT2D eigenvalue weighted by Gasteiger charge is 2.17. The van der Waals surface area contributed by atoms with Gasteiger partial charge in [0.25, 0.3) is 0 Å². The van der Waals surface area contributed by atoms with Crippen molar-refractivity contribution < 1.29 is 14.7 Å². The van der Waals surface area contributed by atoms with Gasteiger partial charge in [-0.2, -0.15) is 5.26 Å². The Morgan fingerprint density at radius 1 is 1.53 bits per heavy atom. The largest absolute Gasteiger partial charge is 0.480 e. The fourth-order valence-corrected chi connectivity index (χ4v) is 1.29. The smallest absolute Gasteiger partial charge is 0.320 e. The molecule has 6 heteroatoms. The summed E-state index contributed by atoms with van der Waals surface area (Å²) in [6.45, 7) is 2.24. The first-order valence-electron chi connectivity index (χ1n) is 5.60. The molecular weight excluding hydrogens is 222 g/mol. The van der Waals surface area contributed by atoms with Gasteiger partial charge in [-0.25, -0.2) is 0 Å². The quantitative estimate of drug-likeness (QED) is 0.633. The molecule has 0 aliphatic heterocycles. The molecule has 2 N–H and O–H groups in total. The van der Waals surface area contributed by atoms with Crippen LogP contribution in [0.5, 0.6) is 0 Å². The summed E-state index contributed by atoms with van der Waals surface area (Å²) in [5, 5.41) is 19.9. The maximum absolute atomic E-state index is 11.5. The Bertz CT molecular complexity index is 299. The van der Waals surface area contributed by atoms with E-state index < -0.39 is 12.0 Å². The highest BCUT2D eigenvalue weighted by Crippen LogP contribution is 1.97. The second-order valence-electron chi connectivity index (χ2n) is 3.78. The number of aliphatic carboxylic acids is 1. The molecule has 0 aromatic rings. The first-order valence-corrected chi connectivity index (χ1v) is 5.60. The Morgan fingerprint density at radius 3 is 2.65 bits per heavy atom. The average Bonchev–Trinajstić information content (AvgIpc) is 2.30. The van der Waals surface area contributed by atoms with E-state index in [9.17, 15) is 9.59 Å². The van der Waals surface area contributed by atoms with Gasteiger partial charge < -0.3 is 10.0 Å². The summed E-state index contributed by atoms with van der Waals surface area (Å²) in [6.07, 6.45) is 1.51. The lowest BCUT2D eigenvalue weighted by atomic mass is 10.1. The lowest BCUT2D eigenvalue weighted by molar-refractivity contribution is -0.140. The zero-order valence-electron chi connectivity index (χ0n) is 10.3. The normalized spacial score (nSPS) is 11.6. The summed E-state index contributed by atoms with van der Waals surface area (Å²) in [5.74, 6) is -1.15. The van der Waals surface area contributed by atoms with Crippen molar-refractivity contribution in [1.29, 1.82) is 5.26 Å². The van der Waals surface area contributed by atoms with Crippen molar-refractivity contribution in [3.63, 3.8) is 0 Å². The van der Waals surface area contributed by atoms with Crippen molar-refractivity contribution >= 4 is 11.9 Å². The van der Waals surface area contributed by atoms with E-state index in [1.807, 2.05) is 13.0 Å². The van der Waals surface area contributed by atoms with Crippen LogP contribution in [0.1, 0.15) is 26.2 Å². The molecule has 6 nitrogen and oxygen atoms in total. The van der Waals surface area contributed by atoms with Gasteiger partial charge in [0.05, 0.1) is 19.0 Å². The Morgan fingerprint density at radius 2 is 2.18 bits per heavy atom. The summed E-state index contributed by atoms with van der Waals surface area (Å²) in [5.41, 5.74) is 0. The predicted octanol–water partition coefficient (Wildman–Crippen LogP) is 0.201. The van der Waals surface area contributed by atoms with Gasteiger partial charge in [0.1, 0.15) is 6.04 Å². The van der Waals surface area contributed by atoms with Gasteiger partial charge in [0.15, 0.2) is 0 Å². The van der Waals surface area contributed by atoms with Gasteiger partial charge >= 0.3 is 5.97 Å². The minimum absolute atomic E-state index is 0.0150. The van der Waals surface area contributed by atoms with E-state index in [0.717, 1.165) is 6.42 Å². The second kappa shape index (κ2) is 8.53. The SMILES string of the molecule is CCCC(NCC(=O)N(C)CCC#N)C(=O)O. The molecule has 0 fully saturated rings. The van der Waals surface area contributed by atoms with Crippen molar-refractivity contribution in [2.75, 3.05) is 20.1 Å². The molecule has 0 aliphatic carbocycles. The lowest BCUT2D eigenvalue weighted by Gasteiger charge is -2.18. The molecule has 17 heavy (non-hydrogen) atoms. The van der Waals surface area contributed by atoms with Crippen LogP contribution in [0, 0.1) is 11.3 Å². The number of likely N-dealkylation sites (N-methyl/N-ethyl adjacent to an activating group) is 1. The van der Waals surface area contributed by atoms with Crippen LogP contribution in [0.15, 0.2) is 0 Å². The van der Waals surface area contributed by atoms with E-state index >= 15 is 0 Å². The third-order valence-electron chi connectivity index (χ3n) is 2.36. The van der Waals surface area contributed by atoms with E-state index in [1.54, 1.807) is 7.05 Å². The van der Waals surface area contributed by atoms with Crippen molar-refractivity contribution in [3.05, 3.63) is 0 Å². The summed E-state index contributed by atoms with van der Waals surface area (Å²) in [4.78, 5) is 23.8. The molecule has 0 aliphatic rings. The number of carbonyl (C=O) groups excluding carboxylic acids is 1. The molecule has 0 saturated heterocycles. The van der Waals surface area contributed by atoms with Gasteiger partial charge in [0, 0.05) is 13.6 Å². The molecule has 0 heterocycles. The predicted molar refractivity (Wildman–Crippen MR) is 62.2 cm³/mol. The number of nitrogens with one attached hydrogen (secondary N) is 1. The van der Waals surface area contributed by atoms with Gasteiger partial charge in [-0.05, 0) is 6.42 Å². The van der Waals surface area contributed by atoms with E-state index in [1.165, 1.54) is 4.90 Å².